The van der Waals surface area contributed by atoms with Crippen LogP contribution in [0.25, 0.3) is 12.2 Å². The van der Waals surface area contributed by atoms with E-state index in [0.717, 1.165) is 11.1 Å². The first-order valence-corrected chi connectivity index (χ1v) is 7.75. The van der Waals surface area contributed by atoms with Gasteiger partial charge in [0.15, 0.2) is 0 Å². The molecule has 0 saturated carbocycles. The maximum atomic E-state index is 12.9. The second-order valence-corrected chi connectivity index (χ2v) is 5.54. The predicted molar refractivity (Wildman–Crippen MR) is 95.1 cm³/mol. The van der Waals surface area contributed by atoms with Crippen LogP contribution in [0.3, 0.4) is 0 Å². The van der Waals surface area contributed by atoms with Gasteiger partial charge in [-0.2, -0.15) is 10.2 Å². The summed E-state index contributed by atoms with van der Waals surface area (Å²) in [5.41, 5.74) is 2.16. The number of anilines is 1. The Hall–Kier alpha value is -3.39. The number of nitriles is 1. The molecule has 0 N–H and O–H groups in total. The van der Waals surface area contributed by atoms with Gasteiger partial charge in [0.05, 0.1) is 0 Å². The Balaban J connectivity index is 1.79. The molecular weight excluding hydrogens is 317 g/mol. The highest BCUT2D eigenvalue weighted by molar-refractivity contribution is 5.67. The minimum Gasteiger partial charge on any atom is -0.420 e. The monoisotopic (exact) mass is 333 g/mol. The topological polar surface area (TPSA) is 53.1 Å². The Labute approximate surface area is 145 Å². The van der Waals surface area contributed by atoms with E-state index in [4.69, 9.17) is 4.42 Å². The maximum Gasteiger partial charge on any atom is 0.235 e. The highest BCUT2D eigenvalue weighted by Crippen LogP contribution is 2.23. The van der Waals surface area contributed by atoms with Crippen molar-refractivity contribution in [2.75, 3.05) is 11.9 Å². The lowest BCUT2D eigenvalue weighted by atomic mass is 10.2. The van der Waals surface area contributed by atoms with Crippen LogP contribution in [0.1, 0.15) is 22.7 Å². The van der Waals surface area contributed by atoms with E-state index in [1.807, 2.05) is 42.3 Å². The van der Waals surface area contributed by atoms with Gasteiger partial charge in [0.2, 0.25) is 17.5 Å². The molecule has 0 atom stereocenters. The van der Waals surface area contributed by atoms with Crippen molar-refractivity contribution in [1.82, 2.24) is 4.98 Å². The number of benzene rings is 2. The molecule has 4 nitrogen and oxygen atoms in total. The molecule has 1 aromatic heterocycles. The first-order valence-electron chi connectivity index (χ1n) is 7.75. The maximum absolute atomic E-state index is 12.9. The van der Waals surface area contributed by atoms with E-state index in [2.05, 4.69) is 11.1 Å². The Kier molecular flexibility index (Phi) is 4.91. The third kappa shape index (κ3) is 4.12. The lowest BCUT2D eigenvalue weighted by Gasteiger charge is -2.15. The molecule has 3 rings (SSSR count). The molecule has 1 heterocycles. The fourth-order valence-corrected chi connectivity index (χ4v) is 2.40. The molecule has 0 unspecified atom stereocenters. The summed E-state index contributed by atoms with van der Waals surface area (Å²) in [6.45, 7) is 0.603. The molecule has 0 aliphatic rings. The van der Waals surface area contributed by atoms with Gasteiger partial charge >= 0.3 is 0 Å². The third-order valence-electron chi connectivity index (χ3n) is 3.63. The Bertz CT molecular complexity index is 908. The molecule has 0 fully saturated rings. The molecule has 2 aromatic carbocycles. The van der Waals surface area contributed by atoms with E-state index in [9.17, 15) is 9.65 Å². The van der Waals surface area contributed by atoms with Crippen LogP contribution >= 0.6 is 0 Å². The molecule has 0 amide bonds. The fourth-order valence-electron chi connectivity index (χ4n) is 2.40. The van der Waals surface area contributed by atoms with Crippen molar-refractivity contribution in [3.63, 3.8) is 0 Å². The van der Waals surface area contributed by atoms with Crippen LogP contribution in [0, 0.1) is 17.1 Å². The van der Waals surface area contributed by atoms with Gasteiger partial charge in [-0.15, -0.1) is 0 Å². The lowest BCUT2D eigenvalue weighted by Crippen LogP contribution is -2.16. The summed E-state index contributed by atoms with van der Waals surface area (Å²) in [6, 6.07) is 18.0. The average molecular weight is 333 g/mol. The van der Waals surface area contributed by atoms with E-state index < -0.39 is 0 Å². The number of rotatable bonds is 5. The quantitative estimate of drug-likeness (QED) is 0.690. The Morgan fingerprint density at radius 2 is 1.84 bits per heavy atom. The summed E-state index contributed by atoms with van der Waals surface area (Å²) < 4.78 is 18.6. The van der Waals surface area contributed by atoms with Gasteiger partial charge in [-0.1, -0.05) is 42.5 Å². The predicted octanol–water partition coefficient (Wildman–Crippen LogP) is 4.49. The van der Waals surface area contributed by atoms with Crippen LogP contribution in [0.15, 0.2) is 59.0 Å². The molecule has 25 heavy (non-hydrogen) atoms. The molecule has 124 valence electrons. The smallest absolute Gasteiger partial charge is 0.235 e. The van der Waals surface area contributed by atoms with Gasteiger partial charge < -0.3 is 9.32 Å². The van der Waals surface area contributed by atoms with Gasteiger partial charge in [-0.3, -0.25) is 0 Å². The van der Waals surface area contributed by atoms with Crippen molar-refractivity contribution in [1.29, 1.82) is 5.26 Å². The Morgan fingerprint density at radius 3 is 2.52 bits per heavy atom. The van der Waals surface area contributed by atoms with Gasteiger partial charge in [0.25, 0.3) is 0 Å². The summed E-state index contributed by atoms with van der Waals surface area (Å²) in [5.74, 6) is 0.464. The molecular formula is C20H16FN3O. The van der Waals surface area contributed by atoms with Gasteiger partial charge in [0.1, 0.15) is 11.9 Å². The van der Waals surface area contributed by atoms with Crippen molar-refractivity contribution in [2.24, 2.45) is 0 Å². The van der Waals surface area contributed by atoms with E-state index in [-0.39, 0.29) is 11.5 Å². The SMILES string of the molecule is CN(Cc1ccccc1)c1oc(/C=C/c2ccc(F)cc2)nc1C#N. The van der Waals surface area contributed by atoms with Crippen molar-refractivity contribution >= 4 is 18.0 Å². The molecule has 0 aliphatic carbocycles. The van der Waals surface area contributed by atoms with Crippen LogP contribution in [0.2, 0.25) is 0 Å². The van der Waals surface area contributed by atoms with E-state index in [1.54, 1.807) is 24.3 Å². The first-order chi connectivity index (χ1) is 12.2. The zero-order valence-electron chi connectivity index (χ0n) is 13.7. The summed E-state index contributed by atoms with van der Waals surface area (Å²) in [6.07, 6.45) is 3.42. The summed E-state index contributed by atoms with van der Waals surface area (Å²) in [7, 11) is 1.85. The van der Waals surface area contributed by atoms with Crippen LogP contribution in [-0.2, 0) is 6.54 Å². The number of halogens is 1. The summed E-state index contributed by atoms with van der Waals surface area (Å²) in [4.78, 5) is 6.04. The first kappa shape index (κ1) is 16.5. The average Bonchev–Trinajstić information content (AvgIpc) is 3.06. The van der Waals surface area contributed by atoms with Gasteiger partial charge in [0, 0.05) is 19.7 Å². The van der Waals surface area contributed by atoms with Gasteiger partial charge in [-0.05, 0) is 29.3 Å². The molecule has 0 saturated heterocycles. The lowest BCUT2D eigenvalue weighted by molar-refractivity contribution is 0.536. The Morgan fingerprint density at radius 1 is 1.12 bits per heavy atom. The van der Waals surface area contributed by atoms with Crippen molar-refractivity contribution in [3.8, 4) is 6.07 Å². The molecule has 0 spiro atoms. The van der Waals surface area contributed by atoms with Crippen molar-refractivity contribution in [2.45, 2.75) is 6.54 Å². The molecule has 5 heteroatoms. The van der Waals surface area contributed by atoms with E-state index >= 15 is 0 Å². The molecule has 0 aliphatic heterocycles. The summed E-state index contributed by atoms with van der Waals surface area (Å²) in [5, 5.41) is 9.30. The standard InChI is InChI=1S/C20H16FN3O/c1-24(14-16-5-3-2-4-6-16)20-18(13-22)23-19(25-20)12-9-15-7-10-17(21)11-8-15/h2-12H,14H2,1H3/b12-9+. The van der Waals surface area contributed by atoms with Crippen molar-refractivity contribution in [3.05, 3.63) is 83.1 Å². The minimum atomic E-state index is -0.287. The summed E-state index contributed by atoms with van der Waals surface area (Å²) >= 11 is 0. The van der Waals surface area contributed by atoms with Crippen molar-refractivity contribution < 1.29 is 8.81 Å². The fraction of sp³-hybridized carbons (Fsp3) is 0.100. The zero-order chi connectivity index (χ0) is 17.6. The number of nitrogens with zero attached hydrogens (tertiary/aromatic N) is 3. The second kappa shape index (κ2) is 7.45. The molecule has 0 radical (unpaired) electrons. The van der Waals surface area contributed by atoms with Crippen LogP contribution in [-0.4, -0.2) is 12.0 Å². The minimum absolute atomic E-state index is 0.234. The largest absolute Gasteiger partial charge is 0.420 e. The highest BCUT2D eigenvalue weighted by Gasteiger charge is 2.16. The highest BCUT2D eigenvalue weighted by atomic mass is 19.1. The van der Waals surface area contributed by atoms with E-state index in [1.165, 1.54) is 12.1 Å². The van der Waals surface area contributed by atoms with Gasteiger partial charge in [-0.25, -0.2) is 4.39 Å². The molecule has 0 bridgehead atoms. The van der Waals surface area contributed by atoms with Crippen LogP contribution < -0.4 is 4.90 Å². The normalized spacial score (nSPS) is 10.8. The number of hydrogen-bond acceptors (Lipinski definition) is 4. The number of hydrogen-bond donors (Lipinski definition) is 0. The second-order valence-electron chi connectivity index (χ2n) is 5.54. The number of aromatic nitrogens is 1. The zero-order valence-corrected chi connectivity index (χ0v) is 13.7. The van der Waals surface area contributed by atoms with Crippen LogP contribution in [0.4, 0.5) is 10.3 Å². The van der Waals surface area contributed by atoms with Crippen LogP contribution in [0.5, 0.6) is 0 Å². The number of oxazole rings is 1. The van der Waals surface area contributed by atoms with E-state index in [0.29, 0.717) is 18.3 Å². The third-order valence-corrected chi connectivity index (χ3v) is 3.63. The molecule has 3 aromatic rings.